The molecule has 2 nitrogen and oxygen atoms in total. The molecule has 0 spiro atoms. The largest absolute Gasteiger partial charge is 0.478 e. The summed E-state index contributed by atoms with van der Waals surface area (Å²) in [4.78, 5) is 10.2. The number of aliphatic carboxylic acids is 1. The maximum atomic E-state index is 10.2. The van der Waals surface area contributed by atoms with Gasteiger partial charge < -0.3 is 5.11 Å². The summed E-state index contributed by atoms with van der Waals surface area (Å²) in [7, 11) is 0. The molecule has 1 atom stereocenters. The second-order valence-corrected chi connectivity index (χ2v) is 2.85. The van der Waals surface area contributed by atoms with E-state index in [2.05, 4.69) is 6.92 Å². The van der Waals surface area contributed by atoms with E-state index in [-0.39, 0.29) is 0 Å². The van der Waals surface area contributed by atoms with Gasteiger partial charge >= 0.3 is 5.97 Å². The van der Waals surface area contributed by atoms with Crippen LogP contribution in [-0.2, 0) is 4.79 Å². The number of carbonyl (C=O) groups is 1. The minimum atomic E-state index is -0.802. The number of carboxylic acid groups (broad SMARTS) is 1. The normalized spacial score (nSPS) is 29.3. The average Bonchev–Trinajstić information content (AvgIpc) is 2.15. The van der Waals surface area contributed by atoms with E-state index in [1.165, 1.54) is 6.08 Å². The Hall–Kier alpha value is -0.790. The molecular formula is C8H12O2. The van der Waals surface area contributed by atoms with Crippen molar-refractivity contribution < 1.29 is 9.90 Å². The van der Waals surface area contributed by atoms with Crippen LogP contribution in [0.25, 0.3) is 0 Å². The number of hydrogen-bond donors (Lipinski definition) is 1. The van der Waals surface area contributed by atoms with Crippen molar-refractivity contribution >= 4 is 5.97 Å². The molecule has 10 heavy (non-hydrogen) atoms. The third-order valence-electron chi connectivity index (χ3n) is 2.04. The lowest BCUT2D eigenvalue weighted by molar-refractivity contribution is -0.131. The summed E-state index contributed by atoms with van der Waals surface area (Å²) in [5, 5.41) is 8.42. The van der Waals surface area contributed by atoms with E-state index in [0.29, 0.717) is 5.92 Å². The molecule has 0 aliphatic heterocycles. The van der Waals surface area contributed by atoms with Gasteiger partial charge in [0.15, 0.2) is 0 Å². The van der Waals surface area contributed by atoms with Crippen LogP contribution >= 0.6 is 0 Å². The average molecular weight is 140 g/mol. The zero-order chi connectivity index (χ0) is 7.56. The third kappa shape index (κ3) is 1.59. The van der Waals surface area contributed by atoms with Crippen molar-refractivity contribution in [3.8, 4) is 0 Å². The molecule has 0 amide bonds. The topological polar surface area (TPSA) is 37.3 Å². The summed E-state index contributed by atoms with van der Waals surface area (Å²) in [6, 6.07) is 0. The quantitative estimate of drug-likeness (QED) is 0.564. The van der Waals surface area contributed by atoms with Crippen molar-refractivity contribution in [1.82, 2.24) is 0 Å². The Balaban J connectivity index is 2.62. The van der Waals surface area contributed by atoms with Gasteiger partial charge in [-0.15, -0.1) is 0 Å². The number of rotatable bonds is 1. The molecule has 0 aromatic rings. The molecule has 1 rings (SSSR count). The van der Waals surface area contributed by atoms with Gasteiger partial charge in [-0.05, 0) is 25.2 Å². The molecule has 1 aliphatic rings. The van der Waals surface area contributed by atoms with Crippen LogP contribution in [0.5, 0.6) is 0 Å². The van der Waals surface area contributed by atoms with Gasteiger partial charge in [0.25, 0.3) is 0 Å². The van der Waals surface area contributed by atoms with E-state index >= 15 is 0 Å². The first-order valence-electron chi connectivity index (χ1n) is 3.63. The van der Waals surface area contributed by atoms with E-state index in [0.717, 1.165) is 24.8 Å². The Morgan fingerprint density at radius 2 is 2.50 bits per heavy atom. The number of carboxylic acids is 1. The van der Waals surface area contributed by atoms with E-state index in [9.17, 15) is 4.79 Å². The molecule has 1 N–H and O–H groups in total. The lowest BCUT2D eigenvalue weighted by Gasteiger charge is -2.00. The second-order valence-electron chi connectivity index (χ2n) is 2.85. The fraction of sp³-hybridized carbons (Fsp3) is 0.625. The Labute approximate surface area is 60.6 Å². The van der Waals surface area contributed by atoms with E-state index in [1.54, 1.807) is 0 Å². The minimum absolute atomic E-state index is 0.496. The third-order valence-corrected chi connectivity index (χ3v) is 2.04. The van der Waals surface area contributed by atoms with Crippen LogP contribution in [0.2, 0.25) is 0 Å². The molecular weight excluding hydrogens is 128 g/mol. The predicted octanol–water partition coefficient (Wildman–Crippen LogP) is 1.82. The smallest absolute Gasteiger partial charge is 0.328 e. The van der Waals surface area contributed by atoms with E-state index in [1.807, 2.05) is 0 Å². The summed E-state index contributed by atoms with van der Waals surface area (Å²) < 4.78 is 0. The molecule has 56 valence electrons. The molecule has 0 aromatic heterocycles. The van der Waals surface area contributed by atoms with Crippen molar-refractivity contribution in [3.63, 3.8) is 0 Å². The first-order chi connectivity index (χ1) is 4.70. The minimum Gasteiger partial charge on any atom is -0.478 e. The lowest BCUT2D eigenvalue weighted by atomic mass is 10.1. The Morgan fingerprint density at radius 1 is 1.80 bits per heavy atom. The van der Waals surface area contributed by atoms with Crippen molar-refractivity contribution in [2.24, 2.45) is 5.92 Å². The summed E-state index contributed by atoms with van der Waals surface area (Å²) in [6.45, 7) is 2.09. The number of hydrogen-bond acceptors (Lipinski definition) is 1. The van der Waals surface area contributed by atoms with E-state index < -0.39 is 5.97 Å². The molecule has 1 saturated carbocycles. The van der Waals surface area contributed by atoms with Crippen molar-refractivity contribution in [2.45, 2.75) is 26.2 Å². The van der Waals surface area contributed by atoms with Crippen molar-refractivity contribution in [3.05, 3.63) is 11.6 Å². The first-order valence-corrected chi connectivity index (χ1v) is 3.63. The molecule has 1 unspecified atom stereocenters. The monoisotopic (exact) mass is 140 g/mol. The SMILES string of the molecule is CC1CCC/C1=C/C(=O)O. The van der Waals surface area contributed by atoms with Gasteiger partial charge in [-0.3, -0.25) is 0 Å². The second kappa shape index (κ2) is 2.86. The Bertz CT molecular complexity index is 170. The van der Waals surface area contributed by atoms with Crippen LogP contribution in [0.15, 0.2) is 11.6 Å². The molecule has 1 aliphatic carbocycles. The Morgan fingerprint density at radius 3 is 2.90 bits per heavy atom. The summed E-state index contributed by atoms with van der Waals surface area (Å²) >= 11 is 0. The highest BCUT2D eigenvalue weighted by atomic mass is 16.4. The Kier molecular flexibility index (Phi) is 2.10. The van der Waals surface area contributed by atoms with Gasteiger partial charge in [0.2, 0.25) is 0 Å². The maximum Gasteiger partial charge on any atom is 0.328 e. The highest BCUT2D eigenvalue weighted by molar-refractivity contribution is 5.80. The first kappa shape index (κ1) is 7.32. The van der Waals surface area contributed by atoms with Gasteiger partial charge in [0.1, 0.15) is 0 Å². The van der Waals surface area contributed by atoms with Crippen LogP contribution < -0.4 is 0 Å². The summed E-state index contributed by atoms with van der Waals surface area (Å²) in [6.07, 6.45) is 4.64. The van der Waals surface area contributed by atoms with Gasteiger partial charge in [-0.1, -0.05) is 12.5 Å². The number of allylic oxidation sites excluding steroid dienone is 1. The van der Waals surface area contributed by atoms with Gasteiger partial charge in [0, 0.05) is 6.08 Å². The maximum absolute atomic E-state index is 10.2. The van der Waals surface area contributed by atoms with Gasteiger partial charge in [0.05, 0.1) is 0 Å². The fourth-order valence-corrected chi connectivity index (χ4v) is 1.42. The molecule has 1 fully saturated rings. The zero-order valence-corrected chi connectivity index (χ0v) is 6.13. The van der Waals surface area contributed by atoms with Crippen LogP contribution in [-0.4, -0.2) is 11.1 Å². The standard InChI is InChI=1S/C8H12O2/c1-6-3-2-4-7(6)5-8(9)10/h5-6H,2-4H2,1H3,(H,9,10)/b7-5-. The van der Waals surface area contributed by atoms with Crippen LogP contribution in [0.4, 0.5) is 0 Å². The van der Waals surface area contributed by atoms with Gasteiger partial charge in [-0.2, -0.15) is 0 Å². The molecule has 0 radical (unpaired) electrons. The summed E-state index contributed by atoms with van der Waals surface area (Å²) in [5.74, 6) is -0.306. The molecule has 0 heterocycles. The highest BCUT2D eigenvalue weighted by Gasteiger charge is 2.16. The molecule has 0 bridgehead atoms. The molecule has 0 saturated heterocycles. The lowest BCUT2D eigenvalue weighted by Crippen LogP contribution is -1.94. The highest BCUT2D eigenvalue weighted by Crippen LogP contribution is 2.29. The summed E-state index contributed by atoms with van der Waals surface area (Å²) in [5.41, 5.74) is 1.10. The molecule has 2 heteroatoms. The van der Waals surface area contributed by atoms with E-state index in [4.69, 9.17) is 5.11 Å². The van der Waals surface area contributed by atoms with Crippen LogP contribution in [0, 0.1) is 5.92 Å². The van der Waals surface area contributed by atoms with Crippen molar-refractivity contribution in [2.75, 3.05) is 0 Å². The molecule has 0 aromatic carbocycles. The zero-order valence-electron chi connectivity index (χ0n) is 6.13. The van der Waals surface area contributed by atoms with Crippen LogP contribution in [0.3, 0.4) is 0 Å². The fourth-order valence-electron chi connectivity index (χ4n) is 1.42. The van der Waals surface area contributed by atoms with Crippen molar-refractivity contribution in [1.29, 1.82) is 0 Å². The van der Waals surface area contributed by atoms with Gasteiger partial charge in [-0.25, -0.2) is 4.79 Å². The van der Waals surface area contributed by atoms with Crippen LogP contribution in [0.1, 0.15) is 26.2 Å². The predicted molar refractivity (Wildman–Crippen MR) is 38.7 cm³/mol.